The van der Waals surface area contributed by atoms with Crippen LogP contribution in [0.25, 0.3) is 0 Å². The van der Waals surface area contributed by atoms with Crippen molar-refractivity contribution in [2.75, 3.05) is 32.8 Å². The van der Waals surface area contributed by atoms with Crippen molar-refractivity contribution in [3.8, 4) is 0 Å². The van der Waals surface area contributed by atoms with Gasteiger partial charge in [-0.1, -0.05) is 0 Å². The number of amides is 1. The van der Waals surface area contributed by atoms with Crippen LogP contribution in [0.3, 0.4) is 0 Å². The van der Waals surface area contributed by atoms with E-state index in [0.29, 0.717) is 5.91 Å². The fourth-order valence-corrected chi connectivity index (χ4v) is 3.23. The molecule has 4 nitrogen and oxygen atoms in total. The molecule has 0 aromatic heterocycles. The van der Waals surface area contributed by atoms with Crippen LogP contribution < -0.4 is 5.32 Å². The highest BCUT2D eigenvalue weighted by molar-refractivity contribution is 5.79. The summed E-state index contributed by atoms with van der Waals surface area (Å²) in [4.78, 5) is 14.5. The molecule has 4 heteroatoms. The number of nitrogens with zero attached hydrogens (tertiary/aromatic N) is 1. The van der Waals surface area contributed by atoms with Crippen LogP contribution in [0, 0.1) is 5.92 Å². The van der Waals surface area contributed by atoms with Crippen LogP contribution >= 0.6 is 0 Å². The van der Waals surface area contributed by atoms with Gasteiger partial charge in [0.2, 0.25) is 5.91 Å². The summed E-state index contributed by atoms with van der Waals surface area (Å²) in [7, 11) is 0. The highest BCUT2D eigenvalue weighted by Gasteiger charge is 2.43. The normalized spacial score (nSPS) is 29.1. The van der Waals surface area contributed by atoms with Crippen molar-refractivity contribution in [1.29, 1.82) is 0 Å². The quantitative estimate of drug-likeness (QED) is 0.733. The summed E-state index contributed by atoms with van der Waals surface area (Å²) in [5.41, 5.74) is 0.0425. The van der Waals surface area contributed by atoms with Gasteiger partial charge in [0.25, 0.3) is 0 Å². The molecule has 2 heterocycles. The number of carbonyl (C=O) groups excluding carboxylic acids is 1. The van der Waals surface area contributed by atoms with Crippen LogP contribution in [0.1, 0.15) is 32.1 Å². The lowest BCUT2D eigenvalue weighted by atomic mass is 9.78. The van der Waals surface area contributed by atoms with Crippen molar-refractivity contribution in [2.24, 2.45) is 5.92 Å². The van der Waals surface area contributed by atoms with E-state index in [1.165, 1.54) is 6.42 Å². The second kappa shape index (κ2) is 4.58. The highest BCUT2D eigenvalue weighted by atomic mass is 16.5. The molecule has 3 rings (SSSR count). The fraction of sp³-hybridized carbons (Fsp3) is 0.923. The molecule has 0 atom stereocenters. The monoisotopic (exact) mass is 238 g/mol. The molecule has 1 spiro atoms. The maximum atomic E-state index is 12.4. The van der Waals surface area contributed by atoms with Gasteiger partial charge in [-0.05, 0) is 45.2 Å². The van der Waals surface area contributed by atoms with Gasteiger partial charge in [-0.3, -0.25) is 4.79 Å². The Morgan fingerprint density at radius 1 is 1.29 bits per heavy atom. The molecule has 1 amide bonds. The summed E-state index contributed by atoms with van der Waals surface area (Å²) < 4.78 is 5.86. The second-order valence-electron chi connectivity index (χ2n) is 5.67. The largest absolute Gasteiger partial charge is 0.371 e. The first-order valence-corrected chi connectivity index (χ1v) is 6.93. The summed E-state index contributed by atoms with van der Waals surface area (Å²) >= 11 is 0. The van der Waals surface area contributed by atoms with E-state index in [1.807, 2.05) is 0 Å². The van der Waals surface area contributed by atoms with Crippen LogP contribution in [-0.2, 0) is 9.53 Å². The lowest BCUT2D eigenvalue weighted by Gasteiger charge is -2.49. The first-order chi connectivity index (χ1) is 8.29. The SMILES string of the molecule is O=C(C1CCNCC1)N1CCOC2(CCC2)C1. The van der Waals surface area contributed by atoms with Crippen molar-refractivity contribution in [3.63, 3.8) is 0 Å². The van der Waals surface area contributed by atoms with Crippen LogP contribution in [0.5, 0.6) is 0 Å². The van der Waals surface area contributed by atoms with E-state index in [9.17, 15) is 4.79 Å². The third-order valence-corrected chi connectivity index (χ3v) is 4.51. The summed E-state index contributed by atoms with van der Waals surface area (Å²) in [5.74, 6) is 0.632. The third-order valence-electron chi connectivity index (χ3n) is 4.51. The fourth-order valence-electron chi connectivity index (χ4n) is 3.23. The molecule has 0 radical (unpaired) electrons. The Morgan fingerprint density at radius 2 is 2.06 bits per heavy atom. The minimum absolute atomic E-state index is 0.0425. The molecule has 0 bridgehead atoms. The minimum Gasteiger partial charge on any atom is -0.371 e. The smallest absolute Gasteiger partial charge is 0.225 e. The van der Waals surface area contributed by atoms with Gasteiger partial charge >= 0.3 is 0 Å². The molecule has 3 fully saturated rings. The molecule has 2 saturated heterocycles. The first kappa shape index (κ1) is 11.5. The van der Waals surface area contributed by atoms with Gasteiger partial charge in [-0.15, -0.1) is 0 Å². The van der Waals surface area contributed by atoms with Crippen molar-refractivity contribution in [3.05, 3.63) is 0 Å². The van der Waals surface area contributed by atoms with Crippen LogP contribution in [-0.4, -0.2) is 49.2 Å². The number of nitrogens with one attached hydrogen (secondary N) is 1. The summed E-state index contributed by atoms with van der Waals surface area (Å²) in [6, 6.07) is 0. The molecule has 2 aliphatic heterocycles. The van der Waals surface area contributed by atoms with Crippen molar-refractivity contribution < 1.29 is 9.53 Å². The molecule has 1 aliphatic carbocycles. The maximum Gasteiger partial charge on any atom is 0.225 e. The Morgan fingerprint density at radius 3 is 2.71 bits per heavy atom. The molecule has 3 aliphatic rings. The lowest BCUT2D eigenvalue weighted by molar-refractivity contribution is -0.170. The van der Waals surface area contributed by atoms with E-state index in [2.05, 4.69) is 10.2 Å². The molecule has 0 aromatic carbocycles. The average Bonchev–Trinajstić information content (AvgIpc) is 2.37. The predicted octanol–water partition coefficient (Wildman–Crippen LogP) is 0.767. The van der Waals surface area contributed by atoms with E-state index >= 15 is 0 Å². The minimum atomic E-state index is 0.0425. The van der Waals surface area contributed by atoms with Crippen molar-refractivity contribution in [1.82, 2.24) is 10.2 Å². The topological polar surface area (TPSA) is 41.6 Å². The number of ether oxygens (including phenoxy) is 1. The van der Waals surface area contributed by atoms with Gasteiger partial charge in [0.05, 0.1) is 12.2 Å². The Labute approximate surface area is 103 Å². The van der Waals surface area contributed by atoms with Gasteiger partial charge in [0.1, 0.15) is 0 Å². The number of carbonyl (C=O) groups is 1. The Balaban J connectivity index is 1.60. The number of hydrogen-bond acceptors (Lipinski definition) is 3. The Hall–Kier alpha value is -0.610. The zero-order valence-electron chi connectivity index (χ0n) is 10.4. The number of piperidine rings is 1. The zero-order chi connectivity index (χ0) is 11.7. The highest BCUT2D eigenvalue weighted by Crippen LogP contribution is 2.38. The van der Waals surface area contributed by atoms with Gasteiger partial charge in [-0.2, -0.15) is 0 Å². The molecule has 1 saturated carbocycles. The summed E-state index contributed by atoms with van der Waals surface area (Å²) in [5, 5.41) is 3.32. The predicted molar refractivity (Wildman–Crippen MR) is 64.7 cm³/mol. The number of morpholine rings is 1. The van der Waals surface area contributed by atoms with Crippen molar-refractivity contribution >= 4 is 5.91 Å². The molecular formula is C13H22N2O2. The molecule has 1 N–H and O–H groups in total. The Bertz CT molecular complexity index is 296. The van der Waals surface area contributed by atoms with Gasteiger partial charge in [0.15, 0.2) is 0 Å². The van der Waals surface area contributed by atoms with E-state index in [4.69, 9.17) is 4.74 Å². The standard InChI is InChI=1S/C13H22N2O2/c16-12(11-2-6-14-7-3-11)15-8-9-17-13(10-15)4-1-5-13/h11,14H,1-10H2. The molecule has 17 heavy (non-hydrogen) atoms. The third kappa shape index (κ3) is 2.20. The first-order valence-electron chi connectivity index (χ1n) is 6.93. The summed E-state index contributed by atoms with van der Waals surface area (Å²) in [6.07, 6.45) is 5.55. The van der Waals surface area contributed by atoms with Gasteiger partial charge in [-0.25, -0.2) is 0 Å². The van der Waals surface area contributed by atoms with Gasteiger partial charge in [0, 0.05) is 19.0 Å². The van der Waals surface area contributed by atoms with Crippen LogP contribution in [0.2, 0.25) is 0 Å². The molecule has 0 aromatic rings. The van der Waals surface area contributed by atoms with Crippen LogP contribution in [0.15, 0.2) is 0 Å². The Kier molecular flexibility index (Phi) is 3.09. The van der Waals surface area contributed by atoms with E-state index in [1.54, 1.807) is 0 Å². The lowest BCUT2D eigenvalue weighted by Crippen LogP contribution is -2.58. The maximum absolute atomic E-state index is 12.4. The number of rotatable bonds is 1. The van der Waals surface area contributed by atoms with Crippen LogP contribution in [0.4, 0.5) is 0 Å². The van der Waals surface area contributed by atoms with E-state index in [-0.39, 0.29) is 11.5 Å². The molecule has 96 valence electrons. The second-order valence-corrected chi connectivity index (χ2v) is 5.67. The molecule has 0 unspecified atom stereocenters. The van der Waals surface area contributed by atoms with E-state index in [0.717, 1.165) is 58.5 Å². The van der Waals surface area contributed by atoms with Crippen molar-refractivity contribution in [2.45, 2.75) is 37.7 Å². The van der Waals surface area contributed by atoms with Gasteiger partial charge < -0.3 is 15.0 Å². The molecular weight excluding hydrogens is 216 g/mol. The van der Waals surface area contributed by atoms with E-state index < -0.39 is 0 Å². The zero-order valence-corrected chi connectivity index (χ0v) is 10.4. The average molecular weight is 238 g/mol. The summed E-state index contributed by atoms with van der Waals surface area (Å²) in [6.45, 7) is 4.36. The number of hydrogen-bond donors (Lipinski definition) is 1.